The van der Waals surface area contributed by atoms with E-state index in [-0.39, 0.29) is 5.91 Å². The summed E-state index contributed by atoms with van der Waals surface area (Å²) in [6.07, 6.45) is 3.48. The van der Waals surface area contributed by atoms with Crippen LogP contribution in [0.15, 0.2) is 42.6 Å². The van der Waals surface area contributed by atoms with Crippen LogP contribution in [0.1, 0.15) is 32.3 Å². The predicted molar refractivity (Wildman–Crippen MR) is 111 cm³/mol. The number of nitrogens with zero attached hydrogens (tertiary/aromatic N) is 3. The van der Waals surface area contributed by atoms with Crippen molar-refractivity contribution in [1.82, 2.24) is 15.1 Å². The molecule has 1 aliphatic carbocycles. The SMILES string of the molecule is COc1ccc(-c2cccc(C#N)c2)c2cn(C3(C(=O)NCC(C)C)CC3)nc12. The first-order valence-electron chi connectivity index (χ1n) is 9.84. The van der Waals surface area contributed by atoms with Gasteiger partial charge in [0, 0.05) is 18.1 Å². The molecule has 1 aromatic heterocycles. The van der Waals surface area contributed by atoms with E-state index in [0.29, 0.717) is 23.8 Å². The van der Waals surface area contributed by atoms with Gasteiger partial charge in [0.25, 0.3) is 0 Å². The van der Waals surface area contributed by atoms with Crippen LogP contribution in [-0.2, 0) is 10.3 Å². The molecule has 4 rings (SSSR count). The van der Waals surface area contributed by atoms with Gasteiger partial charge in [-0.2, -0.15) is 10.4 Å². The third-order valence-corrected chi connectivity index (χ3v) is 5.42. The van der Waals surface area contributed by atoms with Gasteiger partial charge < -0.3 is 10.1 Å². The van der Waals surface area contributed by atoms with Gasteiger partial charge in [0.05, 0.1) is 18.7 Å². The molecule has 0 aliphatic heterocycles. The molecule has 2 aromatic carbocycles. The Labute approximate surface area is 170 Å². The Balaban J connectivity index is 1.81. The highest BCUT2D eigenvalue weighted by atomic mass is 16.5. The van der Waals surface area contributed by atoms with Crippen LogP contribution in [0.2, 0.25) is 0 Å². The molecule has 0 unspecified atom stereocenters. The van der Waals surface area contributed by atoms with Crippen molar-refractivity contribution in [3.63, 3.8) is 0 Å². The lowest BCUT2D eigenvalue weighted by atomic mass is 10.00. The molecule has 0 bridgehead atoms. The molecule has 0 radical (unpaired) electrons. The van der Waals surface area contributed by atoms with Crippen LogP contribution < -0.4 is 10.1 Å². The summed E-state index contributed by atoms with van der Waals surface area (Å²) in [5.74, 6) is 1.08. The number of ether oxygens (including phenoxy) is 1. The maximum atomic E-state index is 12.9. The smallest absolute Gasteiger partial charge is 0.248 e. The lowest BCUT2D eigenvalue weighted by molar-refractivity contribution is -0.126. The standard InChI is InChI=1S/C23H24N4O2/c1-15(2)13-25-22(28)23(9-10-23)27-14-19-18(7-8-20(29-3)21(19)26-27)17-6-4-5-16(11-17)12-24/h4-8,11,14-15H,9-10,13H2,1-3H3,(H,25,28). The zero-order valence-corrected chi connectivity index (χ0v) is 16.9. The van der Waals surface area contributed by atoms with Crippen LogP contribution in [0.4, 0.5) is 0 Å². The van der Waals surface area contributed by atoms with E-state index in [4.69, 9.17) is 9.84 Å². The average molecular weight is 388 g/mol. The number of nitriles is 1. The summed E-state index contributed by atoms with van der Waals surface area (Å²) >= 11 is 0. The quantitative estimate of drug-likeness (QED) is 0.696. The molecule has 1 N–H and O–H groups in total. The summed E-state index contributed by atoms with van der Waals surface area (Å²) in [5, 5.41) is 18.0. The molecule has 6 heteroatoms. The van der Waals surface area contributed by atoms with Crippen LogP contribution in [0.5, 0.6) is 5.75 Å². The number of nitrogens with one attached hydrogen (secondary N) is 1. The summed E-state index contributed by atoms with van der Waals surface area (Å²) in [4.78, 5) is 12.9. The first kappa shape index (κ1) is 19.0. The van der Waals surface area contributed by atoms with Crippen molar-refractivity contribution < 1.29 is 9.53 Å². The average Bonchev–Trinajstić information content (AvgIpc) is 3.43. The minimum Gasteiger partial charge on any atom is -0.494 e. The van der Waals surface area contributed by atoms with Gasteiger partial charge >= 0.3 is 0 Å². The van der Waals surface area contributed by atoms with Crippen molar-refractivity contribution in [2.45, 2.75) is 32.2 Å². The number of rotatable bonds is 6. The maximum absolute atomic E-state index is 12.9. The Hall–Kier alpha value is -3.33. The number of methoxy groups -OCH3 is 1. The van der Waals surface area contributed by atoms with Crippen LogP contribution in [-0.4, -0.2) is 29.3 Å². The van der Waals surface area contributed by atoms with E-state index in [2.05, 4.69) is 25.2 Å². The summed E-state index contributed by atoms with van der Waals surface area (Å²) in [6.45, 7) is 4.81. The van der Waals surface area contributed by atoms with Crippen LogP contribution in [0.3, 0.4) is 0 Å². The second-order valence-electron chi connectivity index (χ2n) is 7.98. The number of hydrogen-bond donors (Lipinski definition) is 1. The van der Waals surface area contributed by atoms with Crippen molar-refractivity contribution in [3.8, 4) is 22.9 Å². The zero-order valence-electron chi connectivity index (χ0n) is 16.9. The lowest BCUT2D eigenvalue weighted by Crippen LogP contribution is -2.40. The van der Waals surface area contributed by atoms with Gasteiger partial charge in [-0.25, -0.2) is 0 Å². The van der Waals surface area contributed by atoms with Gasteiger partial charge in [-0.05, 0) is 54.2 Å². The maximum Gasteiger partial charge on any atom is 0.248 e. The predicted octanol–water partition coefficient (Wildman–Crippen LogP) is 3.84. The minimum absolute atomic E-state index is 0.0194. The number of amides is 1. The van der Waals surface area contributed by atoms with E-state index in [1.807, 2.05) is 36.5 Å². The van der Waals surface area contributed by atoms with Crippen LogP contribution in [0.25, 0.3) is 22.0 Å². The molecule has 0 atom stereocenters. The summed E-state index contributed by atoms with van der Waals surface area (Å²) < 4.78 is 7.32. The molecule has 29 heavy (non-hydrogen) atoms. The summed E-state index contributed by atoms with van der Waals surface area (Å²) in [6, 6.07) is 13.5. The van der Waals surface area contributed by atoms with Crippen molar-refractivity contribution in [2.24, 2.45) is 5.92 Å². The molecule has 1 amide bonds. The van der Waals surface area contributed by atoms with Gasteiger partial charge in [0.2, 0.25) is 5.91 Å². The third-order valence-electron chi connectivity index (χ3n) is 5.42. The van der Waals surface area contributed by atoms with E-state index in [1.165, 1.54) is 0 Å². The Bertz CT molecular complexity index is 1120. The van der Waals surface area contributed by atoms with Crippen LogP contribution >= 0.6 is 0 Å². The van der Waals surface area contributed by atoms with E-state index in [9.17, 15) is 10.1 Å². The highest BCUT2D eigenvalue weighted by Gasteiger charge is 2.52. The van der Waals surface area contributed by atoms with Crippen molar-refractivity contribution >= 4 is 16.8 Å². The Morgan fingerprint density at radius 1 is 1.34 bits per heavy atom. The summed E-state index contributed by atoms with van der Waals surface area (Å²) in [7, 11) is 1.62. The molecule has 0 spiro atoms. The van der Waals surface area contributed by atoms with E-state index >= 15 is 0 Å². The Kier molecular flexibility index (Phi) is 4.75. The van der Waals surface area contributed by atoms with Gasteiger partial charge in [0.1, 0.15) is 16.8 Å². The number of fused-ring (bicyclic) bond motifs is 1. The fraction of sp³-hybridized carbons (Fsp3) is 0.348. The topological polar surface area (TPSA) is 79.9 Å². The zero-order chi connectivity index (χ0) is 20.6. The Morgan fingerprint density at radius 2 is 2.14 bits per heavy atom. The van der Waals surface area contributed by atoms with Crippen LogP contribution in [0, 0.1) is 17.2 Å². The highest BCUT2D eigenvalue weighted by Crippen LogP contribution is 2.45. The number of hydrogen-bond acceptors (Lipinski definition) is 4. The van der Waals surface area contributed by atoms with Gasteiger partial charge in [0.15, 0.2) is 0 Å². The normalized spacial score (nSPS) is 14.6. The van der Waals surface area contributed by atoms with E-state index in [0.717, 1.165) is 34.9 Å². The van der Waals surface area contributed by atoms with E-state index < -0.39 is 5.54 Å². The molecule has 3 aromatic rings. The van der Waals surface area contributed by atoms with Gasteiger partial charge in [-0.1, -0.05) is 26.0 Å². The third kappa shape index (κ3) is 3.33. The molecule has 6 nitrogen and oxygen atoms in total. The summed E-state index contributed by atoms with van der Waals surface area (Å²) in [5.41, 5.74) is 2.60. The largest absolute Gasteiger partial charge is 0.494 e. The first-order chi connectivity index (χ1) is 14.0. The van der Waals surface area contributed by atoms with Gasteiger partial charge in [-0.3, -0.25) is 9.48 Å². The molecule has 1 saturated carbocycles. The first-order valence-corrected chi connectivity index (χ1v) is 9.84. The minimum atomic E-state index is -0.620. The monoisotopic (exact) mass is 388 g/mol. The molecule has 148 valence electrons. The second-order valence-corrected chi connectivity index (χ2v) is 7.98. The fourth-order valence-electron chi connectivity index (χ4n) is 3.61. The van der Waals surface area contributed by atoms with Crippen molar-refractivity contribution in [1.29, 1.82) is 5.26 Å². The number of aromatic nitrogens is 2. The Morgan fingerprint density at radius 3 is 2.79 bits per heavy atom. The van der Waals surface area contributed by atoms with Crippen molar-refractivity contribution in [2.75, 3.05) is 13.7 Å². The molecule has 1 aliphatic rings. The van der Waals surface area contributed by atoms with Crippen molar-refractivity contribution in [3.05, 3.63) is 48.2 Å². The molecular formula is C23H24N4O2. The number of carbonyl (C=O) groups excluding carboxylic acids is 1. The molecular weight excluding hydrogens is 364 g/mol. The molecule has 1 heterocycles. The lowest BCUT2D eigenvalue weighted by Gasteiger charge is -2.16. The number of carbonyl (C=O) groups is 1. The van der Waals surface area contributed by atoms with Gasteiger partial charge in [-0.15, -0.1) is 0 Å². The highest BCUT2D eigenvalue weighted by molar-refractivity contribution is 5.98. The molecule has 1 fully saturated rings. The second kappa shape index (κ2) is 7.25. The molecule has 0 saturated heterocycles. The number of benzene rings is 2. The van der Waals surface area contributed by atoms with E-state index in [1.54, 1.807) is 17.9 Å². The fourth-order valence-corrected chi connectivity index (χ4v) is 3.61.